The second kappa shape index (κ2) is 5.60. The molecule has 0 radical (unpaired) electrons. The standard InChI is InChI=1S/C10H16O2Si/c1-12-10(11)8-6-5-7-9-13(2,3)4/h6,8H,5H2,1-4H3/b8-6-. The summed E-state index contributed by atoms with van der Waals surface area (Å²) in [6.07, 6.45) is 3.75. The number of carbonyl (C=O) groups excluding carboxylic acids is 1. The molecule has 72 valence electrons. The van der Waals surface area contributed by atoms with Crippen LogP contribution in [-0.4, -0.2) is 21.2 Å². The molecule has 0 saturated heterocycles. The van der Waals surface area contributed by atoms with Gasteiger partial charge >= 0.3 is 5.97 Å². The van der Waals surface area contributed by atoms with Crippen LogP contribution in [0.1, 0.15) is 6.42 Å². The summed E-state index contributed by atoms with van der Waals surface area (Å²) in [5, 5.41) is 0. The summed E-state index contributed by atoms with van der Waals surface area (Å²) in [7, 11) is 0.108. The molecule has 0 amide bonds. The highest BCUT2D eigenvalue weighted by molar-refractivity contribution is 6.83. The van der Waals surface area contributed by atoms with Crippen molar-refractivity contribution < 1.29 is 9.53 Å². The molecule has 13 heavy (non-hydrogen) atoms. The van der Waals surface area contributed by atoms with E-state index in [2.05, 4.69) is 35.8 Å². The van der Waals surface area contributed by atoms with Crippen LogP contribution in [-0.2, 0) is 9.53 Å². The van der Waals surface area contributed by atoms with Crippen molar-refractivity contribution in [3.8, 4) is 11.5 Å². The first-order chi connectivity index (χ1) is 5.95. The summed E-state index contributed by atoms with van der Waals surface area (Å²) >= 11 is 0. The van der Waals surface area contributed by atoms with E-state index in [9.17, 15) is 4.79 Å². The summed E-state index contributed by atoms with van der Waals surface area (Å²) < 4.78 is 4.43. The Morgan fingerprint density at radius 1 is 1.46 bits per heavy atom. The molecule has 3 heteroatoms. The van der Waals surface area contributed by atoms with Crippen molar-refractivity contribution >= 4 is 14.0 Å². The third kappa shape index (κ3) is 8.90. The van der Waals surface area contributed by atoms with Gasteiger partial charge in [-0.25, -0.2) is 4.79 Å². The normalized spacial score (nSPS) is 10.8. The molecular formula is C10H16O2Si. The second-order valence-electron chi connectivity index (χ2n) is 3.68. The van der Waals surface area contributed by atoms with Gasteiger partial charge in [0.15, 0.2) is 0 Å². The number of carbonyl (C=O) groups is 1. The van der Waals surface area contributed by atoms with Crippen LogP contribution < -0.4 is 0 Å². The Labute approximate surface area is 81.0 Å². The Morgan fingerprint density at radius 3 is 2.54 bits per heavy atom. The fraction of sp³-hybridized carbons (Fsp3) is 0.500. The van der Waals surface area contributed by atoms with Gasteiger partial charge in [-0.2, -0.15) is 0 Å². The first-order valence-corrected chi connectivity index (χ1v) is 7.70. The highest BCUT2D eigenvalue weighted by atomic mass is 28.3. The smallest absolute Gasteiger partial charge is 0.330 e. The van der Waals surface area contributed by atoms with Crippen LogP contribution in [0.15, 0.2) is 12.2 Å². The monoisotopic (exact) mass is 196 g/mol. The molecule has 0 fully saturated rings. The highest BCUT2D eigenvalue weighted by Gasteiger charge is 2.06. The minimum Gasteiger partial charge on any atom is -0.466 e. The largest absolute Gasteiger partial charge is 0.466 e. The van der Waals surface area contributed by atoms with Gasteiger partial charge in [-0.1, -0.05) is 25.7 Å². The summed E-state index contributed by atoms with van der Waals surface area (Å²) in [5.41, 5.74) is 3.20. The Bertz CT molecular complexity index is 250. The number of rotatable bonds is 2. The zero-order valence-electron chi connectivity index (χ0n) is 8.68. The highest BCUT2D eigenvalue weighted by Crippen LogP contribution is 1.96. The lowest BCUT2D eigenvalue weighted by molar-refractivity contribution is -0.134. The van der Waals surface area contributed by atoms with Gasteiger partial charge in [0.05, 0.1) is 7.11 Å². The number of ether oxygens (including phenoxy) is 1. The SMILES string of the molecule is COC(=O)/C=C\CC#C[Si](C)(C)C. The minimum atomic E-state index is -1.25. The van der Waals surface area contributed by atoms with Gasteiger partial charge in [-0.15, -0.1) is 11.5 Å². The first-order valence-electron chi connectivity index (χ1n) is 4.20. The number of esters is 1. The Morgan fingerprint density at radius 2 is 2.08 bits per heavy atom. The van der Waals surface area contributed by atoms with E-state index >= 15 is 0 Å². The van der Waals surface area contributed by atoms with Gasteiger partial charge in [0, 0.05) is 12.5 Å². The molecule has 0 N–H and O–H groups in total. The number of allylic oxidation sites excluding steroid dienone is 1. The fourth-order valence-electron chi connectivity index (χ4n) is 0.598. The first kappa shape index (κ1) is 12.0. The van der Waals surface area contributed by atoms with E-state index in [1.165, 1.54) is 13.2 Å². The number of methoxy groups -OCH3 is 1. The molecule has 0 aliphatic carbocycles. The lowest BCUT2D eigenvalue weighted by atomic mass is 10.4. The zero-order chi connectivity index (χ0) is 10.3. The maximum atomic E-state index is 10.6. The third-order valence-electron chi connectivity index (χ3n) is 1.14. The number of hydrogen-bond donors (Lipinski definition) is 0. The molecule has 0 rings (SSSR count). The molecule has 0 atom stereocenters. The molecule has 0 heterocycles. The zero-order valence-corrected chi connectivity index (χ0v) is 9.68. The van der Waals surface area contributed by atoms with Crippen molar-refractivity contribution in [3.63, 3.8) is 0 Å². The van der Waals surface area contributed by atoms with E-state index in [4.69, 9.17) is 0 Å². The van der Waals surface area contributed by atoms with Crippen molar-refractivity contribution in [2.75, 3.05) is 7.11 Å². The van der Waals surface area contributed by atoms with Crippen LogP contribution in [0.4, 0.5) is 0 Å². The van der Waals surface area contributed by atoms with Crippen molar-refractivity contribution in [1.82, 2.24) is 0 Å². The van der Waals surface area contributed by atoms with Crippen LogP contribution in [0.3, 0.4) is 0 Å². The third-order valence-corrected chi connectivity index (χ3v) is 2.07. The average molecular weight is 196 g/mol. The predicted octanol–water partition coefficient (Wildman–Crippen LogP) is 1.99. The molecule has 2 nitrogen and oxygen atoms in total. The van der Waals surface area contributed by atoms with E-state index in [1.54, 1.807) is 6.08 Å². The number of hydrogen-bond acceptors (Lipinski definition) is 2. The van der Waals surface area contributed by atoms with E-state index in [0.29, 0.717) is 6.42 Å². The van der Waals surface area contributed by atoms with E-state index in [1.807, 2.05) is 0 Å². The quantitative estimate of drug-likeness (QED) is 0.292. The summed E-state index contributed by atoms with van der Waals surface area (Å²) in [6.45, 7) is 6.55. The van der Waals surface area contributed by atoms with Crippen LogP contribution in [0.5, 0.6) is 0 Å². The van der Waals surface area contributed by atoms with Crippen molar-refractivity contribution in [3.05, 3.63) is 12.2 Å². The topological polar surface area (TPSA) is 26.3 Å². The van der Waals surface area contributed by atoms with Crippen LogP contribution >= 0.6 is 0 Å². The lowest BCUT2D eigenvalue weighted by Crippen LogP contribution is -2.16. The van der Waals surface area contributed by atoms with Crippen molar-refractivity contribution in [1.29, 1.82) is 0 Å². The van der Waals surface area contributed by atoms with Crippen molar-refractivity contribution in [2.24, 2.45) is 0 Å². The van der Waals surface area contributed by atoms with Gasteiger partial charge < -0.3 is 4.74 Å². The van der Waals surface area contributed by atoms with E-state index < -0.39 is 8.07 Å². The van der Waals surface area contributed by atoms with Crippen LogP contribution in [0.2, 0.25) is 19.6 Å². The summed E-state index contributed by atoms with van der Waals surface area (Å²) in [6, 6.07) is 0. The van der Waals surface area contributed by atoms with Crippen LogP contribution in [0, 0.1) is 11.5 Å². The minimum absolute atomic E-state index is 0.324. The Hall–Kier alpha value is -1.01. The molecule has 0 aliphatic rings. The average Bonchev–Trinajstić information content (AvgIpc) is 2.01. The molecule has 0 aromatic rings. The molecule has 0 bridgehead atoms. The molecule has 0 aromatic heterocycles. The fourth-order valence-corrected chi connectivity index (χ4v) is 1.23. The molecular weight excluding hydrogens is 180 g/mol. The maximum Gasteiger partial charge on any atom is 0.330 e. The summed E-state index contributed by atoms with van der Waals surface area (Å²) in [4.78, 5) is 10.6. The maximum absolute atomic E-state index is 10.6. The summed E-state index contributed by atoms with van der Waals surface area (Å²) in [5.74, 6) is 2.70. The lowest BCUT2D eigenvalue weighted by Gasteiger charge is -2.02. The second-order valence-corrected chi connectivity index (χ2v) is 8.43. The van der Waals surface area contributed by atoms with Gasteiger partial charge in [-0.3, -0.25) is 0 Å². The van der Waals surface area contributed by atoms with Gasteiger partial charge in [-0.05, 0) is 0 Å². The van der Waals surface area contributed by atoms with Gasteiger partial charge in [0.25, 0.3) is 0 Å². The molecule has 0 unspecified atom stereocenters. The molecule has 0 spiro atoms. The molecule has 0 saturated carbocycles. The predicted molar refractivity (Wildman–Crippen MR) is 56.9 cm³/mol. The van der Waals surface area contributed by atoms with Gasteiger partial charge in [0.1, 0.15) is 8.07 Å². The van der Waals surface area contributed by atoms with Crippen molar-refractivity contribution in [2.45, 2.75) is 26.1 Å². The van der Waals surface area contributed by atoms with E-state index in [-0.39, 0.29) is 5.97 Å². The molecule has 0 aromatic carbocycles. The Balaban J connectivity index is 3.84. The Kier molecular flexibility index (Phi) is 5.16. The molecule has 0 aliphatic heterocycles. The van der Waals surface area contributed by atoms with Gasteiger partial charge in [0.2, 0.25) is 0 Å². The van der Waals surface area contributed by atoms with E-state index in [0.717, 1.165) is 0 Å². The van der Waals surface area contributed by atoms with Crippen LogP contribution in [0.25, 0.3) is 0 Å².